The third-order valence-corrected chi connectivity index (χ3v) is 5.57. The van der Waals surface area contributed by atoms with Crippen LogP contribution in [0.5, 0.6) is 0 Å². The number of carbonyl (C=O) groups excluding carboxylic acids is 2. The molecular formula is C24H30FN3O3. The Morgan fingerprint density at radius 1 is 1.10 bits per heavy atom. The molecule has 166 valence electrons. The van der Waals surface area contributed by atoms with Gasteiger partial charge >= 0.3 is 0 Å². The first kappa shape index (κ1) is 22.7. The van der Waals surface area contributed by atoms with Gasteiger partial charge in [-0.3, -0.25) is 9.59 Å². The van der Waals surface area contributed by atoms with Crippen LogP contribution in [0.2, 0.25) is 0 Å². The van der Waals surface area contributed by atoms with Crippen LogP contribution in [0.1, 0.15) is 30.4 Å². The zero-order chi connectivity index (χ0) is 22.4. The fourth-order valence-electron chi connectivity index (χ4n) is 3.60. The maximum absolute atomic E-state index is 13.3. The zero-order valence-electron chi connectivity index (χ0n) is 18.4. The highest BCUT2D eigenvalue weighted by atomic mass is 19.1. The zero-order valence-corrected chi connectivity index (χ0v) is 18.4. The van der Waals surface area contributed by atoms with Gasteiger partial charge in [0.25, 0.3) is 0 Å². The number of rotatable bonds is 9. The van der Waals surface area contributed by atoms with Crippen molar-refractivity contribution in [2.75, 3.05) is 38.0 Å². The predicted molar refractivity (Wildman–Crippen MR) is 119 cm³/mol. The van der Waals surface area contributed by atoms with Crippen LogP contribution in [-0.4, -0.2) is 44.5 Å². The van der Waals surface area contributed by atoms with Gasteiger partial charge in [-0.1, -0.05) is 18.6 Å². The highest BCUT2D eigenvalue weighted by Crippen LogP contribution is 2.29. The molecule has 0 aromatic heterocycles. The number of halogens is 1. The summed E-state index contributed by atoms with van der Waals surface area (Å²) >= 11 is 0. The van der Waals surface area contributed by atoms with Crippen LogP contribution < -0.4 is 10.2 Å². The quantitative estimate of drug-likeness (QED) is 0.661. The molecule has 0 aliphatic heterocycles. The van der Waals surface area contributed by atoms with Gasteiger partial charge in [0.1, 0.15) is 12.4 Å². The van der Waals surface area contributed by atoms with Gasteiger partial charge in [0.15, 0.2) is 0 Å². The first-order valence-corrected chi connectivity index (χ1v) is 10.5. The topological polar surface area (TPSA) is 61.9 Å². The van der Waals surface area contributed by atoms with E-state index >= 15 is 0 Å². The van der Waals surface area contributed by atoms with E-state index in [4.69, 9.17) is 4.74 Å². The fourth-order valence-corrected chi connectivity index (χ4v) is 3.60. The summed E-state index contributed by atoms with van der Waals surface area (Å²) in [6.45, 7) is 0.616. The lowest BCUT2D eigenvalue weighted by Crippen LogP contribution is -2.33. The van der Waals surface area contributed by atoms with Gasteiger partial charge in [0.05, 0.1) is 0 Å². The second-order valence-corrected chi connectivity index (χ2v) is 8.16. The van der Waals surface area contributed by atoms with E-state index < -0.39 is 0 Å². The van der Waals surface area contributed by atoms with E-state index in [1.807, 2.05) is 37.2 Å². The van der Waals surface area contributed by atoms with Crippen molar-refractivity contribution >= 4 is 23.2 Å². The fraction of sp³-hybridized carbons (Fsp3) is 0.417. The van der Waals surface area contributed by atoms with Crippen molar-refractivity contribution in [3.63, 3.8) is 0 Å². The van der Waals surface area contributed by atoms with Crippen molar-refractivity contribution in [3.05, 3.63) is 59.4 Å². The molecule has 0 radical (unpaired) electrons. The van der Waals surface area contributed by atoms with Crippen LogP contribution in [0.3, 0.4) is 0 Å². The van der Waals surface area contributed by atoms with E-state index in [1.54, 1.807) is 17.0 Å². The minimum Gasteiger partial charge on any atom is -0.377 e. The Labute approximate surface area is 183 Å². The van der Waals surface area contributed by atoms with Gasteiger partial charge in [0.2, 0.25) is 11.8 Å². The Morgan fingerprint density at radius 3 is 2.39 bits per heavy atom. The molecule has 1 aliphatic carbocycles. The number of amides is 2. The number of hydrogen-bond acceptors (Lipinski definition) is 4. The summed E-state index contributed by atoms with van der Waals surface area (Å²) in [5, 5.41) is 3.01. The number of benzene rings is 2. The monoisotopic (exact) mass is 427 g/mol. The van der Waals surface area contributed by atoms with Gasteiger partial charge in [-0.25, -0.2) is 4.39 Å². The van der Waals surface area contributed by atoms with Gasteiger partial charge in [-0.2, -0.15) is 0 Å². The maximum Gasteiger partial charge on any atom is 0.249 e. The van der Waals surface area contributed by atoms with Crippen molar-refractivity contribution in [2.45, 2.75) is 32.4 Å². The number of anilines is 2. The standard InChI is InChI=1S/C24H30FN3O3/c1-27(2)22-12-11-21(26-24(30)18-5-4-6-18)13-19(22)15-28(23(29)16-31-3)14-17-7-9-20(25)10-8-17/h7-13,18H,4-6,14-16H2,1-3H3,(H,26,30). The van der Waals surface area contributed by atoms with Gasteiger partial charge in [-0.05, 0) is 54.3 Å². The van der Waals surface area contributed by atoms with E-state index in [0.29, 0.717) is 13.1 Å². The van der Waals surface area contributed by atoms with Crippen molar-refractivity contribution in [2.24, 2.45) is 5.92 Å². The number of carbonyl (C=O) groups is 2. The molecule has 2 aromatic carbocycles. The maximum atomic E-state index is 13.3. The molecule has 3 rings (SSSR count). The lowest BCUT2D eigenvalue weighted by molar-refractivity contribution is -0.136. The second kappa shape index (κ2) is 10.4. The van der Waals surface area contributed by atoms with E-state index in [0.717, 1.165) is 41.8 Å². The molecule has 0 unspecified atom stereocenters. The van der Waals surface area contributed by atoms with Crippen molar-refractivity contribution in [1.29, 1.82) is 0 Å². The molecule has 1 saturated carbocycles. The summed E-state index contributed by atoms with van der Waals surface area (Å²) in [5.41, 5.74) is 3.41. The normalized spacial score (nSPS) is 13.4. The van der Waals surface area contributed by atoms with Gasteiger partial charge in [0, 0.05) is 51.6 Å². The van der Waals surface area contributed by atoms with Crippen LogP contribution in [0.25, 0.3) is 0 Å². The predicted octanol–water partition coefficient (Wildman–Crippen LogP) is 3.81. The molecule has 7 heteroatoms. The van der Waals surface area contributed by atoms with Crippen molar-refractivity contribution in [1.82, 2.24) is 4.90 Å². The Kier molecular flexibility index (Phi) is 7.63. The first-order valence-electron chi connectivity index (χ1n) is 10.5. The van der Waals surface area contributed by atoms with Crippen LogP contribution in [0, 0.1) is 11.7 Å². The summed E-state index contributed by atoms with van der Waals surface area (Å²) in [7, 11) is 5.36. The van der Waals surface area contributed by atoms with E-state index in [2.05, 4.69) is 5.32 Å². The van der Waals surface area contributed by atoms with E-state index in [1.165, 1.54) is 19.2 Å². The summed E-state index contributed by atoms with van der Waals surface area (Å²) in [5.74, 6) is -0.340. The molecule has 6 nitrogen and oxygen atoms in total. The average molecular weight is 428 g/mol. The molecule has 0 bridgehead atoms. The molecule has 2 aromatic rings. The summed E-state index contributed by atoms with van der Waals surface area (Å²) in [6, 6.07) is 11.9. The third-order valence-electron chi connectivity index (χ3n) is 5.57. The van der Waals surface area contributed by atoms with Crippen LogP contribution in [-0.2, 0) is 27.4 Å². The van der Waals surface area contributed by atoms with Gasteiger partial charge < -0.3 is 19.9 Å². The number of nitrogens with zero attached hydrogens (tertiary/aromatic N) is 2. The average Bonchev–Trinajstić information content (AvgIpc) is 2.68. The highest BCUT2D eigenvalue weighted by Gasteiger charge is 2.25. The summed E-state index contributed by atoms with van der Waals surface area (Å²) in [6.07, 6.45) is 2.97. The SMILES string of the molecule is COCC(=O)N(Cc1ccc(F)cc1)Cc1cc(NC(=O)C2CCC2)ccc1N(C)C. The van der Waals surface area contributed by atoms with Crippen molar-refractivity contribution < 1.29 is 18.7 Å². The molecule has 0 saturated heterocycles. The van der Waals surface area contributed by atoms with Crippen LogP contribution in [0.4, 0.5) is 15.8 Å². The highest BCUT2D eigenvalue weighted by molar-refractivity contribution is 5.93. The second-order valence-electron chi connectivity index (χ2n) is 8.16. The minimum absolute atomic E-state index is 0.0450. The summed E-state index contributed by atoms with van der Waals surface area (Å²) in [4.78, 5) is 28.8. The largest absolute Gasteiger partial charge is 0.377 e. The lowest BCUT2D eigenvalue weighted by Gasteiger charge is -2.27. The smallest absolute Gasteiger partial charge is 0.249 e. The molecule has 0 spiro atoms. The van der Waals surface area contributed by atoms with Crippen molar-refractivity contribution in [3.8, 4) is 0 Å². The Balaban J connectivity index is 1.84. The molecule has 1 aliphatic rings. The summed E-state index contributed by atoms with van der Waals surface area (Å²) < 4.78 is 18.3. The minimum atomic E-state index is -0.316. The van der Waals surface area contributed by atoms with Crippen LogP contribution in [0.15, 0.2) is 42.5 Å². The molecule has 2 amide bonds. The number of ether oxygens (including phenoxy) is 1. The van der Waals surface area contributed by atoms with E-state index in [9.17, 15) is 14.0 Å². The molecule has 31 heavy (non-hydrogen) atoms. The first-order chi connectivity index (χ1) is 14.9. The Morgan fingerprint density at radius 2 is 1.81 bits per heavy atom. The molecule has 1 fully saturated rings. The number of hydrogen-bond donors (Lipinski definition) is 1. The van der Waals surface area contributed by atoms with Crippen LogP contribution >= 0.6 is 0 Å². The Bertz CT molecular complexity index is 911. The molecule has 1 N–H and O–H groups in total. The molecule has 0 atom stereocenters. The number of nitrogens with one attached hydrogen (secondary N) is 1. The Hall–Kier alpha value is -2.93. The van der Waals surface area contributed by atoms with E-state index in [-0.39, 0.29) is 30.2 Å². The third kappa shape index (κ3) is 6.04. The molecular weight excluding hydrogens is 397 g/mol. The van der Waals surface area contributed by atoms with Gasteiger partial charge in [-0.15, -0.1) is 0 Å². The molecule has 0 heterocycles. The number of methoxy groups -OCH3 is 1. The lowest BCUT2D eigenvalue weighted by atomic mass is 9.85.